The van der Waals surface area contributed by atoms with Crippen molar-refractivity contribution in [3.8, 4) is 0 Å². The molecule has 1 aromatic carbocycles. The molecule has 3 heteroatoms. The summed E-state index contributed by atoms with van der Waals surface area (Å²) in [7, 11) is 1.30. The molecule has 0 saturated heterocycles. The van der Waals surface area contributed by atoms with Crippen molar-refractivity contribution in [1.29, 1.82) is 0 Å². The van der Waals surface area contributed by atoms with E-state index < -0.39 is 11.6 Å². The fourth-order valence-electron chi connectivity index (χ4n) is 2.12. The Hall–Kier alpha value is -1.35. The number of esters is 1. The maximum Gasteiger partial charge on any atom is 0.338 e. The highest BCUT2D eigenvalue weighted by molar-refractivity contribution is 5.81. The predicted molar refractivity (Wildman–Crippen MR) is 55.6 cm³/mol. The Labute approximate surface area is 88.7 Å². The third-order valence-electron chi connectivity index (χ3n) is 2.89. The first-order chi connectivity index (χ1) is 7.05. The number of fused-ring (bicyclic) bond motifs is 1. The standard InChI is InChI=1S/C12H14O3/c1-8-3-4-9-6-12(14,11(13)15-2)7-10(9)5-8/h3-5,14H,6-7H2,1-2H3/t12-/m0/s1. The van der Waals surface area contributed by atoms with Gasteiger partial charge in [0.15, 0.2) is 5.60 Å². The van der Waals surface area contributed by atoms with Gasteiger partial charge in [-0.05, 0) is 18.1 Å². The van der Waals surface area contributed by atoms with Crippen molar-refractivity contribution in [2.45, 2.75) is 25.4 Å². The number of hydrogen-bond donors (Lipinski definition) is 1. The van der Waals surface area contributed by atoms with Crippen molar-refractivity contribution in [2.24, 2.45) is 0 Å². The molecule has 0 heterocycles. The zero-order valence-corrected chi connectivity index (χ0v) is 8.91. The topological polar surface area (TPSA) is 46.5 Å². The van der Waals surface area contributed by atoms with Crippen molar-refractivity contribution in [1.82, 2.24) is 0 Å². The van der Waals surface area contributed by atoms with E-state index in [1.54, 1.807) is 0 Å². The molecule has 15 heavy (non-hydrogen) atoms. The molecule has 1 aromatic rings. The summed E-state index contributed by atoms with van der Waals surface area (Å²) in [4.78, 5) is 11.4. The van der Waals surface area contributed by atoms with Crippen LogP contribution in [0.3, 0.4) is 0 Å². The molecule has 1 aliphatic carbocycles. The van der Waals surface area contributed by atoms with Crippen LogP contribution in [-0.2, 0) is 22.4 Å². The molecule has 0 fully saturated rings. The highest BCUT2D eigenvalue weighted by Gasteiger charge is 2.42. The van der Waals surface area contributed by atoms with Gasteiger partial charge in [0, 0.05) is 12.8 Å². The molecule has 80 valence electrons. The molecule has 0 saturated carbocycles. The van der Waals surface area contributed by atoms with E-state index in [-0.39, 0.29) is 0 Å². The van der Waals surface area contributed by atoms with Gasteiger partial charge < -0.3 is 9.84 Å². The number of methoxy groups -OCH3 is 1. The molecule has 0 unspecified atom stereocenters. The van der Waals surface area contributed by atoms with E-state index in [1.807, 2.05) is 25.1 Å². The second kappa shape index (κ2) is 3.35. The molecular formula is C12H14O3. The normalized spacial score (nSPS) is 23.7. The molecule has 0 bridgehead atoms. The van der Waals surface area contributed by atoms with Crippen molar-refractivity contribution < 1.29 is 14.6 Å². The lowest BCUT2D eigenvalue weighted by molar-refractivity contribution is -0.161. The van der Waals surface area contributed by atoms with Crippen LogP contribution in [0, 0.1) is 6.92 Å². The van der Waals surface area contributed by atoms with Gasteiger partial charge in [-0.2, -0.15) is 0 Å². The third-order valence-corrected chi connectivity index (χ3v) is 2.89. The maximum atomic E-state index is 11.4. The van der Waals surface area contributed by atoms with Crippen LogP contribution in [0.4, 0.5) is 0 Å². The predicted octanol–water partition coefficient (Wildman–Crippen LogP) is 0.998. The van der Waals surface area contributed by atoms with E-state index in [0.717, 1.165) is 16.7 Å². The number of rotatable bonds is 1. The first-order valence-corrected chi connectivity index (χ1v) is 4.94. The number of ether oxygens (including phenoxy) is 1. The minimum Gasteiger partial charge on any atom is -0.467 e. The summed E-state index contributed by atoms with van der Waals surface area (Å²) in [6.45, 7) is 2.00. The number of aliphatic hydroxyl groups is 1. The summed E-state index contributed by atoms with van der Waals surface area (Å²) in [5, 5.41) is 10.1. The first kappa shape index (κ1) is 10.2. The average Bonchev–Trinajstić information content (AvgIpc) is 2.53. The number of benzene rings is 1. The van der Waals surface area contributed by atoms with Gasteiger partial charge in [-0.15, -0.1) is 0 Å². The van der Waals surface area contributed by atoms with Crippen LogP contribution >= 0.6 is 0 Å². The molecule has 0 aliphatic heterocycles. The number of aryl methyl sites for hydroxylation is 1. The molecule has 1 atom stereocenters. The van der Waals surface area contributed by atoms with Crippen molar-refractivity contribution in [3.05, 3.63) is 34.9 Å². The molecule has 1 N–H and O–H groups in total. The second-order valence-corrected chi connectivity index (χ2v) is 4.15. The Morgan fingerprint density at radius 3 is 2.73 bits per heavy atom. The van der Waals surface area contributed by atoms with E-state index in [4.69, 9.17) is 0 Å². The van der Waals surface area contributed by atoms with Gasteiger partial charge in [0.1, 0.15) is 0 Å². The van der Waals surface area contributed by atoms with E-state index in [9.17, 15) is 9.90 Å². The highest BCUT2D eigenvalue weighted by atomic mass is 16.5. The summed E-state index contributed by atoms with van der Waals surface area (Å²) in [6.07, 6.45) is 0.714. The quantitative estimate of drug-likeness (QED) is 0.697. The smallest absolute Gasteiger partial charge is 0.338 e. The molecule has 0 amide bonds. The van der Waals surface area contributed by atoms with Gasteiger partial charge >= 0.3 is 5.97 Å². The molecular weight excluding hydrogens is 192 g/mol. The minimum absolute atomic E-state index is 0.356. The van der Waals surface area contributed by atoms with E-state index in [0.29, 0.717) is 12.8 Å². The lowest BCUT2D eigenvalue weighted by Crippen LogP contribution is -2.40. The van der Waals surface area contributed by atoms with Gasteiger partial charge in [0.05, 0.1) is 7.11 Å². The lowest BCUT2D eigenvalue weighted by Gasteiger charge is -2.18. The summed E-state index contributed by atoms with van der Waals surface area (Å²) < 4.78 is 4.61. The fourth-order valence-corrected chi connectivity index (χ4v) is 2.12. The van der Waals surface area contributed by atoms with Crippen LogP contribution in [0.15, 0.2) is 18.2 Å². The van der Waals surface area contributed by atoms with Crippen LogP contribution in [0.5, 0.6) is 0 Å². The maximum absolute atomic E-state index is 11.4. The van der Waals surface area contributed by atoms with Crippen LogP contribution in [-0.4, -0.2) is 23.8 Å². The SMILES string of the molecule is COC(=O)[C@]1(O)Cc2ccc(C)cc2C1. The summed E-state index contributed by atoms with van der Waals surface area (Å²) in [6, 6.07) is 5.96. The largest absolute Gasteiger partial charge is 0.467 e. The van der Waals surface area contributed by atoms with Crippen LogP contribution in [0.25, 0.3) is 0 Å². The Kier molecular flexibility index (Phi) is 2.27. The zero-order valence-electron chi connectivity index (χ0n) is 8.91. The Morgan fingerprint density at radius 2 is 2.07 bits per heavy atom. The Morgan fingerprint density at radius 1 is 1.40 bits per heavy atom. The third kappa shape index (κ3) is 1.63. The fraction of sp³-hybridized carbons (Fsp3) is 0.417. The molecule has 0 aromatic heterocycles. The van der Waals surface area contributed by atoms with Gasteiger partial charge in [-0.1, -0.05) is 23.8 Å². The van der Waals surface area contributed by atoms with E-state index in [2.05, 4.69) is 4.74 Å². The average molecular weight is 206 g/mol. The Balaban J connectivity index is 2.32. The first-order valence-electron chi connectivity index (χ1n) is 4.94. The second-order valence-electron chi connectivity index (χ2n) is 4.15. The number of carbonyl (C=O) groups excluding carboxylic acids is 1. The lowest BCUT2D eigenvalue weighted by atomic mass is 10.0. The molecule has 1 aliphatic rings. The van der Waals surface area contributed by atoms with Crippen molar-refractivity contribution >= 4 is 5.97 Å². The molecule has 0 radical (unpaired) electrons. The summed E-state index contributed by atoms with van der Waals surface area (Å²) in [5.41, 5.74) is 1.87. The number of carbonyl (C=O) groups is 1. The van der Waals surface area contributed by atoms with Crippen molar-refractivity contribution in [3.63, 3.8) is 0 Å². The van der Waals surface area contributed by atoms with Gasteiger partial charge in [-0.25, -0.2) is 4.79 Å². The summed E-state index contributed by atoms with van der Waals surface area (Å²) >= 11 is 0. The molecule has 2 rings (SSSR count). The molecule has 0 spiro atoms. The minimum atomic E-state index is -1.36. The van der Waals surface area contributed by atoms with Crippen LogP contribution in [0.2, 0.25) is 0 Å². The number of hydrogen-bond acceptors (Lipinski definition) is 3. The zero-order chi connectivity index (χ0) is 11.1. The monoisotopic (exact) mass is 206 g/mol. The molecule has 3 nitrogen and oxygen atoms in total. The highest BCUT2D eigenvalue weighted by Crippen LogP contribution is 2.31. The Bertz CT molecular complexity index is 411. The van der Waals surface area contributed by atoms with Crippen LogP contribution in [0.1, 0.15) is 16.7 Å². The summed E-state index contributed by atoms with van der Waals surface area (Å²) in [5.74, 6) is -0.545. The van der Waals surface area contributed by atoms with Gasteiger partial charge in [-0.3, -0.25) is 0 Å². The van der Waals surface area contributed by atoms with Crippen molar-refractivity contribution in [2.75, 3.05) is 7.11 Å². The van der Waals surface area contributed by atoms with E-state index in [1.165, 1.54) is 7.11 Å². The van der Waals surface area contributed by atoms with E-state index >= 15 is 0 Å². The van der Waals surface area contributed by atoms with Gasteiger partial charge in [0.2, 0.25) is 0 Å². The van der Waals surface area contributed by atoms with Gasteiger partial charge in [0.25, 0.3) is 0 Å². The van der Waals surface area contributed by atoms with Crippen LogP contribution < -0.4 is 0 Å².